The van der Waals surface area contributed by atoms with E-state index in [4.69, 9.17) is 9.47 Å². The van der Waals surface area contributed by atoms with Gasteiger partial charge in [-0.15, -0.1) is 0 Å². The van der Waals surface area contributed by atoms with Crippen molar-refractivity contribution in [3.8, 4) is 5.75 Å². The average molecular weight is 373 g/mol. The Hall–Kier alpha value is -2.71. The van der Waals surface area contributed by atoms with Crippen molar-refractivity contribution in [3.63, 3.8) is 0 Å². The first-order chi connectivity index (χ1) is 12.9. The van der Waals surface area contributed by atoms with Gasteiger partial charge >= 0.3 is 5.69 Å². The zero-order valence-electron chi connectivity index (χ0n) is 15.7. The van der Waals surface area contributed by atoms with E-state index in [0.717, 1.165) is 4.57 Å². The molecule has 3 rings (SSSR count). The van der Waals surface area contributed by atoms with Crippen molar-refractivity contribution in [2.24, 2.45) is 14.1 Å². The van der Waals surface area contributed by atoms with E-state index in [2.05, 4.69) is 4.90 Å². The lowest BCUT2D eigenvalue weighted by atomic mass is 10.0. The van der Waals surface area contributed by atoms with E-state index in [1.54, 1.807) is 38.4 Å². The van der Waals surface area contributed by atoms with Gasteiger partial charge in [-0.1, -0.05) is 0 Å². The Kier molecular flexibility index (Phi) is 5.57. The average Bonchev–Trinajstić information content (AvgIpc) is 2.71. The number of morpholine rings is 1. The second kappa shape index (κ2) is 7.89. The third-order valence-electron chi connectivity index (χ3n) is 4.84. The monoisotopic (exact) mass is 373 g/mol. The lowest BCUT2D eigenvalue weighted by Gasteiger charge is -2.28. The van der Waals surface area contributed by atoms with Crippen LogP contribution in [0.15, 0.2) is 33.9 Å². The molecule has 0 atom stereocenters. The second-order valence-electron chi connectivity index (χ2n) is 6.47. The molecular formula is C19H23N3O5. The van der Waals surface area contributed by atoms with Crippen LogP contribution in [-0.2, 0) is 25.4 Å². The summed E-state index contributed by atoms with van der Waals surface area (Å²) in [5.41, 5.74) is -0.214. The third-order valence-corrected chi connectivity index (χ3v) is 4.84. The van der Waals surface area contributed by atoms with Crippen molar-refractivity contribution in [1.29, 1.82) is 0 Å². The maximum Gasteiger partial charge on any atom is 0.330 e. The Morgan fingerprint density at radius 1 is 1.07 bits per heavy atom. The third kappa shape index (κ3) is 3.72. The van der Waals surface area contributed by atoms with Crippen LogP contribution in [0.25, 0.3) is 0 Å². The lowest BCUT2D eigenvalue weighted by molar-refractivity contribution is 0.0329. The molecule has 0 radical (unpaired) electrons. The number of benzene rings is 1. The molecule has 0 N–H and O–H groups in total. The Morgan fingerprint density at radius 3 is 2.30 bits per heavy atom. The molecule has 144 valence electrons. The molecule has 1 aliphatic rings. The largest absolute Gasteiger partial charge is 0.497 e. The highest BCUT2D eigenvalue weighted by atomic mass is 16.5. The molecule has 0 saturated carbocycles. The fourth-order valence-electron chi connectivity index (χ4n) is 3.16. The number of carbonyl (C=O) groups excluding carboxylic acids is 1. The van der Waals surface area contributed by atoms with Crippen LogP contribution in [0, 0.1) is 0 Å². The molecule has 0 aliphatic carbocycles. The summed E-state index contributed by atoms with van der Waals surface area (Å²) in [6.45, 7) is 2.86. The van der Waals surface area contributed by atoms with E-state index in [0.29, 0.717) is 49.9 Å². The highest BCUT2D eigenvalue weighted by Crippen LogP contribution is 2.16. The van der Waals surface area contributed by atoms with E-state index in [-0.39, 0.29) is 5.56 Å². The summed E-state index contributed by atoms with van der Waals surface area (Å²) in [6, 6.07) is 6.57. The van der Waals surface area contributed by atoms with Crippen LogP contribution >= 0.6 is 0 Å². The summed E-state index contributed by atoms with van der Waals surface area (Å²) in [5.74, 6) is 0.213. The summed E-state index contributed by atoms with van der Waals surface area (Å²) in [4.78, 5) is 40.4. The molecular weight excluding hydrogens is 350 g/mol. The van der Waals surface area contributed by atoms with Crippen LogP contribution < -0.4 is 16.0 Å². The quantitative estimate of drug-likeness (QED) is 0.694. The molecule has 2 aromatic rings. The first kappa shape index (κ1) is 19.1. The summed E-state index contributed by atoms with van der Waals surface area (Å²) >= 11 is 0. The highest BCUT2D eigenvalue weighted by molar-refractivity contribution is 6.09. The minimum Gasteiger partial charge on any atom is -0.497 e. The minimum atomic E-state index is -0.581. The van der Waals surface area contributed by atoms with Crippen molar-refractivity contribution in [2.75, 3.05) is 33.4 Å². The van der Waals surface area contributed by atoms with Crippen molar-refractivity contribution >= 4 is 5.78 Å². The fourth-order valence-corrected chi connectivity index (χ4v) is 3.16. The number of rotatable bonds is 5. The Morgan fingerprint density at radius 2 is 1.70 bits per heavy atom. The van der Waals surface area contributed by atoms with Gasteiger partial charge < -0.3 is 9.47 Å². The van der Waals surface area contributed by atoms with Crippen LogP contribution in [0.2, 0.25) is 0 Å². The zero-order valence-corrected chi connectivity index (χ0v) is 15.7. The predicted octanol–water partition coefficient (Wildman–Crippen LogP) is 0.156. The van der Waals surface area contributed by atoms with Gasteiger partial charge in [-0.25, -0.2) is 4.79 Å². The molecule has 0 spiro atoms. The molecule has 27 heavy (non-hydrogen) atoms. The standard InChI is InChI=1S/C19H23N3O5/c1-20-15(12-22-8-10-27-11-9-22)16(18(24)21(2)19(20)25)17(23)13-4-6-14(26-3)7-5-13/h4-7H,8-12H2,1-3H3. The van der Waals surface area contributed by atoms with Gasteiger partial charge in [0.25, 0.3) is 5.56 Å². The van der Waals surface area contributed by atoms with Gasteiger partial charge in [0.05, 0.1) is 26.0 Å². The minimum absolute atomic E-state index is 0.0243. The molecule has 8 heteroatoms. The number of aromatic nitrogens is 2. The van der Waals surface area contributed by atoms with Crippen LogP contribution in [0.4, 0.5) is 0 Å². The van der Waals surface area contributed by atoms with Crippen molar-refractivity contribution in [1.82, 2.24) is 14.0 Å². The van der Waals surface area contributed by atoms with Gasteiger partial charge in [0, 0.05) is 39.3 Å². The smallest absolute Gasteiger partial charge is 0.330 e. The topological polar surface area (TPSA) is 82.8 Å². The lowest BCUT2D eigenvalue weighted by Crippen LogP contribution is -2.45. The zero-order chi connectivity index (χ0) is 19.6. The van der Waals surface area contributed by atoms with Crippen LogP contribution in [0.3, 0.4) is 0 Å². The fraction of sp³-hybridized carbons (Fsp3) is 0.421. The van der Waals surface area contributed by atoms with Gasteiger partial charge in [-0.2, -0.15) is 0 Å². The molecule has 0 unspecified atom stereocenters. The molecule has 0 bridgehead atoms. The molecule has 1 saturated heterocycles. The summed E-state index contributed by atoms with van der Waals surface area (Å²) in [6.07, 6.45) is 0. The highest BCUT2D eigenvalue weighted by Gasteiger charge is 2.25. The molecule has 1 aromatic heterocycles. The number of ether oxygens (including phenoxy) is 2. The normalized spacial score (nSPS) is 14.9. The Bertz CT molecular complexity index is 953. The Labute approximate surface area is 156 Å². The predicted molar refractivity (Wildman–Crippen MR) is 99.4 cm³/mol. The van der Waals surface area contributed by atoms with E-state index < -0.39 is 17.0 Å². The number of ketones is 1. The maximum atomic E-state index is 13.1. The van der Waals surface area contributed by atoms with E-state index >= 15 is 0 Å². The maximum absolute atomic E-state index is 13.1. The van der Waals surface area contributed by atoms with Crippen LogP contribution in [0.5, 0.6) is 5.75 Å². The number of hydrogen-bond acceptors (Lipinski definition) is 6. The number of carbonyl (C=O) groups is 1. The Balaban J connectivity index is 2.09. The first-order valence-corrected chi connectivity index (χ1v) is 8.71. The molecule has 8 nitrogen and oxygen atoms in total. The summed E-state index contributed by atoms with van der Waals surface area (Å²) in [5, 5.41) is 0. The van der Waals surface area contributed by atoms with Crippen molar-refractivity contribution in [2.45, 2.75) is 6.54 Å². The molecule has 2 heterocycles. The number of methoxy groups -OCH3 is 1. The molecule has 1 fully saturated rings. The van der Waals surface area contributed by atoms with Crippen molar-refractivity contribution < 1.29 is 14.3 Å². The van der Waals surface area contributed by atoms with Crippen molar-refractivity contribution in [3.05, 3.63) is 61.9 Å². The molecule has 1 aliphatic heterocycles. The van der Waals surface area contributed by atoms with Gasteiger partial charge in [-0.3, -0.25) is 23.6 Å². The van der Waals surface area contributed by atoms with Crippen LogP contribution in [0.1, 0.15) is 21.6 Å². The van der Waals surface area contributed by atoms with Crippen LogP contribution in [-0.4, -0.2) is 53.2 Å². The summed E-state index contributed by atoms with van der Waals surface area (Å²) < 4.78 is 12.8. The van der Waals surface area contributed by atoms with E-state index in [1.165, 1.54) is 11.6 Å². The second-order valence-corrected chi connectivity index (χ2v) is 6.47. The summed E-state index contributed by atoms with van der Waals surface area (Å²) in [7, 11) is 4.51. The number of hydrogen-bond donors (Lipinski definition) is 0. The molecule has 1 aromatic carbocycles. The number of nitrogens with zero attached hydrogens (tertiary/aromatic N) is 3. The van der Waals surface area contributed by atoms with Gasteiger partial charge in [0.2, 0.25) is 0 Å². The van der Waals surface area contributed by atoms with Gasteiger partial charge in [-0.05, 0) is 24.3 Å². The first-order valence-electron chi connectivity index (χ1n) is 8.71. The van der Waals surface area contributed by atoms with Gasteiger partial charge in [0.1, 0.15) is 11.3 Å². The SMILES string of the molecule is COc1ccc(C(=O)c2c(CN3CCOCC3)n(C)c(=O)n(C)c2=O)cc1. The van der Waals surface area contributed by atoms with E-state index in [9.17, 15) is 14.4 Å². The van der Waals surface area contributed by atoms with E-state index in [1.807, 2.05) is 0 Å². The molecule has 0 amide bonds. The van der Waals surface area contributed by atoms with Gasteiger partial charge in [0.15, 0.2) is 5.78 Å².